The lowest BCUT2D eigenvalue weighted by Crippen LogP contribution is -2.42. The van der Waals surface area contributed by atoms with Crippen LogP contribution in [-0.4, -0.2) is 47.3 Å². The van der Waals surface area contributed by atoms with Crippen LogP contribution in [-0.2, 0) is 0 Å². The van der Waals surface area contributed by atoms with Crippen LogP contribution >= 0.6 is 0 Å². The van der Waals surface area contributed by atoms with Crippen LogP contribution in [0.25, 0.3) is 5.69 Å². The summed E-state index contributed by atoms with van der Waals surface area (Å²) in [6.45, 7) is 4.68. The molecule has 1 aliphatic rings. The molecule has 1 aromatic heterocycles. The Morgan fingerprint density at radius 1 is 1.39 bits per heavy atom. The molecule has 0 radical (unpaired) electrons. The van der Waals surface area contributed by atoms with E-state index in [1.165, 1.54) is 6.42 Å². The van der Waals surface area contributed by atoms with E-state index in [0.29, 0.717) is 11.5 Å². The van der Waals surface area contributed by atoms with Gasteiger partial charge in [0.15, 0.2) is 0 Å². The number of piperidine rings is 1. The first-order chi connectivity index (χ1) is 11.2. The highest BCUT2D eigenvalue weighted by atomic mass is 16.2. The van der Waals surface area contributed by atoms with Crippen LogP contribution < -0.4 is 5.32 Å². The SMILES string of the molecule is CNC[C@@H]1CCCN(C(=O)c2cnn(-c3ccccc3C)c2)C1. The summed E-state index contributed by atoms with van der Waals surface area (Å²) in [6, 6.07) is 8.05. The van der Waals surface area contributed by atoms with E-state index < -0.39 is 0 Å². The lowest BCUT2D eigenvalue weighted by molar-refractivity contribution is 0.0674. The average Bonchev–Trinajstić information content (AvgIpc) is 3.05. The number of aromatic nitrogens is 2. The van der Waals surface area contributed by atoms with Crippen molar-refractivity contribution in [3.05, 3.63) is 47.8 Å². The predicted octanol–water partition coefficient (Wildman–Crippen LogP) is 2.25. The van der Waals surface area contributed by atoms with E-state index in [1.54, 1.807) is 10.9 Å². The second kappa shape index (κ2) is 6.96. The molecule has 1 aliphatic heterocycles. The summed E-state index contributed by atoms with van der Waals surface area (Å²) in [7, 11) is 1.97. The highest BCUT2D eigenvalue weighted by Crippen LogP contribution is 2.19. The number of para-hydroxylation sites is 1. The number of nitrogens with one attached hydrogen (secondary N) is 1. The summed E-state index contributed by atoms with van der Waals surface area (Å²) in [5.41, 5.74) is 2.82. The molecular formula is C18H24N4O. The molecule has 1 amide bonds. The topological polar surface area (TPSA) is 50.2 Å². The van der Waals surface area contributed by atoms with E-state index >= 15 is 0 Å². The second-order valence-electron chi connectivity index (χ2n) is 6.28. The van der Waals surface area contributed by atoms with Crippen LogP contribution in [0.2, 0.25) is 0 Å². The molecule has 1 aromatic carbocycles. The van der Waals surface area contributed by atoms with Gasteiger partial charge in [-0.2, -0.15) is 5.10 Å². The third kappa shape index (κ3) is 3.45. The molecule has 2 heterocycles. The summed E-state index contributed by atoms with van der Waals surface area (Å²) in [6.07, 6.45) is 5.78. The van der Waals surface area contributed by atoms with Gasteiger partial charge in [-0.05, 0) is 50.9 Å². The van der Waals surface area contributed by atoms with Gasteiger partial charge < -0.3 is 10.2 Å². The molecule has 0 bridgehead atoms. The summed E-state index contributed by atoms with van der Waals surface area (Å²) in [5.74, 6) is 0.634. The van der Waals surface area contributed by atoms with Gasteiger partial charge in [-0.15, -0.1) is 0 Å². The third-order valence-electron chi connectivity index (χ3n) is 4.49. The first-order valence-corrected chi connectivity index (χ1v) is 8.23. The van der Waals surface area contributed by atoms with Crippen molar-refractivity contribution < 1.29 is 4.79 Å². The molecule has 122 valence electrons. The molecule has 23 heavy (non-hydrogen) atoms. The molecule has 2 aromatic rings. The number of likely N-dealkylation sites (tertiary alicyclic amines) is 1. The van der Waals surface area contributed by atoms with Crippen molar-refractivity contribution in [1.82, 2.24) is 20.0 Å². The average molecular weight is 312 g/mol. The molecule has 1 fully saturated rings. The van der Waals surface area contributed by atoms with Gasteiger partial charge in [0.25, 0.3) is 5.91 Å². The number of benzene rings is 1. The van der Waals surface area contributed by atoms with E-state index in [0.717, 1.165) is 37.3 Å². The van der Waals surface area contributed by atoms with Crippen molar-refractivity contribution in [3.63, 3.8) is 0 Å². The van der Waals surface area contributed by atoms with Gasteiger partial charge >= 0.3 is 0 Å². The van der Waals surface area contributed by atoms with Gasteiger partial charge in [0.1, 0.15) is 0 Å². The minimum atomic E-state index is 0.0886. The first-order valence-electron chi connectivity index (χ1n) is 8.23. The van der Waals surface area contributed by atoms with Crippen LogP contribution in [0.4, 0.5) is 0 Å². The van der Waals surface area contributed by atoms with E-state index in [2.05, 4.69) is 10.4 Å². The largest absolute Gasteiger partial charge is 0.338 e. The standard InChI is InChI=1S/C18H24N4O/c1-14-6-3-4-8-17(14)22-13-16(11-20-22)18(23)21-9-5-7-15(12-21)10-19-2/h3-4,6,8,11,13,15,19H,5,7,9-10,12H2,1-2H3/t15-/m0/s1. The Hall–Kier alpha value is -2.14. The van der Waals surface area contributed by atoms with Crippen LogP contribution in [0.3, 0.4) is 0 Å². The zero-order chi connectivity index (χ0) is 16.2. The van der Waals surface area contributed by atoms with Crippen molar-refractivity contribution in [2.75, 3.05) is 26.7 Å². The minimum Gasteiger partial charge on any atom is -0.338 e. The summed E-state index contributed by atoms with van der Waals surface area (Å²) < 4.78 is 1.79. The van der Waals surface area contributed by atoms with Gasteiger partial charge in [0, 0.05) is 19.3 Å². The number of rotatable bonds is 4. The van der Waals surface area contributed by atoms with Crippen LogP contribution in [0.15, 0.2) is 36.7 Å². The monoisotopic (exact) mass is 312 g/mol. The smallest absolute Gasteiger partial charge is 0.257 e. The van der Waals surface area contributed by atoms with E-state index in [-0.39, 0.29) is 5.91 Å². The van der Waals surface area contributed by atoms with Crippen LogP contribution in [0.5, 0.6) is 0 Å². The fraction of sp³-hybridized carbons (Fsp3) is 0.444. The summed E-state index contributed by atoms with van der Waals surface area (Å²) >= 11 is 0. The number of carbonyl (C=O) groups excluding carboxylic acids is 1. The molecule has 1 atom stereocenters. The maximum absolute atomic E-state index is 12.7. The Morgan fingerprint density at radius 3 is 3.00 bits per heavy atom. The fourth-order valence-electron chi connectivity index (χ4n) is 3.27. The molecule has 5 heteroatoms. The predicted molar refractivity (Wildman–Crippen MR) is 90.9 cm³/mol. The normalized spacial score (nSPS) is 18.2. The summed E-state index contributed by atoms with van der Waals surface area (Å²) in [4.78, 5) is 14.7. The number of nitrogens with zero attached hydrogens (tertiary/aromatic N) is 3. The number of hydrogen-bond donors (Lipinski definition) is 1. The Labute approximate surface area is 137 Å². The van der Waals surface area contributed by atoms with Gasteiger partial charge in [0.05, 0.1) is 17.4 Å². The maximum atomic E-state index is 12.7. The number of hydrogen-bond acceptors (Lipinski definition) is 3. The number of amides is 1. The number of aryl methyl sites for hydroxylation is 1. The fourth-order valence-corrected chi connectivity index (χ4v) is 3.27. The van der Waals surface area contributed by atoms with E-state index in [4.69, 9.17) is 0 Å². The zero-order valence-electron chi connectivity index (χ0n) is 13.8. The molecule has 0 unspecified atom stereocenters. The van der Waals surface area contributed by atoms with Crippen molar-refractivity contribution in [1.29, 1.82) is 0 Å². The van der Waals surface area contributed by atoms with E-state index in [9.17, 15) is 4.79 Å². The van der Waals surface area contributed by atoms with E-state index in [1.807, 2.05) is 49.3 Å². The Kier molecular flexibility index (Phi) is 4.76. The zero-order valence-corrected chi connectivity index (χ0v) is 13.8. The highest BCUT2D eigenvalue weighted by molar-refractivity contribution is 5.93. The molecule has 5 nitrogen and oxygen atoms in total. The van der Waals surface area contributed by atoms with Crippen LogP contribution in [0.1, 0.15) is 28.8 Å². The quantitative estimate of drug-likeness (QED) is 0.942. The van der Waals surface area contributed by atoms with Crippen molar-refractivity contribution >= 4 is 5.91 Å². The highest BCUT2D eigenvalue weighted by Gasteiger charge is 2.25. The van der Waals surface area contributed by atoms with Gasteiger partial charge in [-0.3, -0.25) is 4.79 Å². The lowest BCUT2D eigenvalue weighted by atomic mass is 9.97. The Morgan fingerprint density at radius 2 is 2.22 bits per heavy atom. The second-order valence-corrected chi connectivity index (χ2v) is 6.28. The lowest BCUT2D eigenvalue weighted by Gasteiger charge is -2.32. The van der Waals surface area contributed by atoms with Gasteiger partial charge in [-0.1, -0.05) is 18.2 Å². The van der Waals surface area contributed by atoms with Crippen molar-refractivity contribution in [2.45, 2.75) is 19.8 Å². The van der Waals surface area contributed by atoms with Crippen LogP contribution in [0, 0.1) is 12.8 Å². The Bertz CT molecular complexity index is 677. The maximum Gasteiger partial charge on any atom is 0.257 e. The molecule has 1 saturated heterocycles. The first kappa shape index (κ1) is 15.7. The van der Waals surface area contributed by atoms with Gasteiger partial charge in [-0.25, -0.2) is 4.68 Å². The molecule has 0 spiro atoms. The molecule has 3 rings (SSSR count). The van der Waals surface area contributed by atoms with Crippen molar-refractivity contribution in [3.8, 4) is 5.69 Å². The van der Waals surface area contributed by atoms with Crippen molar-refractivity contribution in [2.24, 2.45) is 5.92 Å². The Balaban J connectivity index is 1.75. The molecular weight excluding hydrogens is 288 g/mol. The molecule has 0 aliphatic carbocycles. The third-order valence-corrected chi connectivity index (χ3v) is 4.49. The molecule has 0 saturated carbocycles. The minimum absolute atomic E-state index is 0.0886. The van der Waals surface area contributed by atoms with Gasteiger partial charge in [0.2, 0.25) is 0 Å². The number of carbonyl (C=O) groups is 1. The molecule has 1 N–H and O–H groups in total. The summed E-state index contributed by atoms with van der Waals surface area (Å²) in [5, 5.41) is 7.59.